The van der Waals surface area contributed by atoms with Gasteiger partial charge >= 0.3 is 5.97 Å². The second-order valence-electron chi connectivity index (χ2n) is 8.78. The van der Waals surface area contributed by atoms with E-state index >= 15 is 0 Å². The standard InChI is InChI=1S/C24H48O13/c1-2-31-14-23(16-33-10-5-25,17-34-11-6-26)20-37-21-24(18-35-12-7-27,19-36-13-8-28)15-32-9-3-4-22(29)30/h25-28H,2-21H2,1H3,(H,29,30). The lowest BCUT2D eigenvalue weighted by atomic mass is 9.90. The Bertz CT molecular complexity index is 501. The van der Waals surface area contributed by atoms with Gasteiger partial charge in [-0.05, 0) is 13.3 Å². The highest BCUT2D eigenvalue weighted by molar-refractivity contribution is 5.66. The van der Waals surface area contributed by atoms with Gasteiger partial charge in [0.2, 0.25) is 0 Å². The van der Waals surface area contributed by atoms with Crippen LogP contribution in [0.25, 0.3) is 0 Å². The summed E-state index contributed by atoms with van der Waals surface area (Å²) in [6.07, 6.45) is 0.316. The number of hydrogen-bond donors (Lipinski definition) is 5. The molecule has 0 amide bonds. The van der Waals surface area contributed by atoms with Gasteiger partial charge in [-0.1, -0.05) is 0 Å². The van der Waals surface area contributed by atoms with Crippen LogP contribution in [0.1, 0.15) is 19.8 Å². The molecule has 0 aliphatic carbocycles. The largest absolute Gasteiger partial charge is 0.481 e. The molecule has 37 heavy (non-hydrogen) atoms. The molecule has 0 fully saturated rings. The van der Waals surface area contributed by atoms with Crippen molar-refractivity contribution >= 4 is 5.97 Å². The van der Waals surface area contributed by atoms with Crippen molar-refractivity contribution < 1.29 is 63.5 Å². The van der Waals surface area contributed by atoms with Gasteiger partial charge in [0.25, 0.3) is 0 Å². The first-order chi connectivity index (χ1) is 17.9. The van der Waals surface area contributed by atoms with E-state index in [2.05, 4.69) is 0 Å². The number of rotatable bonds is 29. The fourth-order valence-corrected chi connectivity index (χ4v) is 3.33. The van der Waals surface area contributed by atoms with Gasteiger partial charge in [0.15, 0.2) is 0 Å². The third kappa shape index (κ3) is 18.8. The van der Waals surface area contributed by atoms with Gasteiger partial charge in [-0.25, -0.2) is 0 Å². The van der Waals surface area contributed by atoms with Crippen LogP contribution in [-0.4, -0.2) is 150 Å². The van der Waals surface area contributed by atoms with Crippen LogP contribution >= 0.6 is 0 Å². The summed E-state index contributed by atoms with van der Waals surface area (Å²) in [5.74, 6) is -0.909. The molecule has 0 aromatic rings. The van der Waals surface area contributed by atoms with E-state index in [1.807, 2.05) is 6.92 Å². The van der Waals surface area contributed by atoms with E-state index in [4.69, 9.17) is 58.7 Å². The van der Waals surface area contributed by atoms with Crippen LogP contribution in [0.15, 0.2) is 0 Å². The highest BCUT2D eigenvalue weighted by Crippen LogP contribution is 2.25. The average Bonchev–Trinajstić information content (AvgIpc) is 2.87. The minimum atomic E-state index is -0.909. The van der Waals surface area contributed by atoms with E-state index in [0.717, 1.165) is 0 Å². The van der Waals surface area contributed by atoms with Crippen LogP contribution in [0.5, 0.6) is 0 Å². The Balaban J connectivity index is 5.50. The molecule has 13 heteroatoms. The molecule has 5 N–H and O–H groups in total. The zero-order valence-electron chi connectivity index (χ0n) is 22.1. The summed E-state index contributed by atoms with van der Waals surface area (Å²) in [6.45, 7) is 3.60. The number of carboxylic acids is 1. The topological polar surface area (TPSA) is 183 Å². The Morgan fingerprint density at radius 1 is 0.541 bits per heavy atom. The summed E-state index contributed by atoms with van der Waals surface area (Å²) in [6, 6.07) is 0. The highest BCUT2D eigenvalue weighted by atomic mass is 16.5. The summed E-state index contributed by atoms with van der Waals surface area (Å²) in [5.41, 5.74) is -1.55. The third-order valence-corrected chi connectivity index (χ3v) is 5.09. The van der Waals surface area contributed by atoms with Crippen molar-refractivity contribution in [2.24, 2.45) is 10.8 Å². The van der Waals surface area contributed by atoms with E-state index in [9.17, 15) is 4.79 Å². The monoisotopic (exact) mass is 544 g/mol. The maximum atomic E-state index is 10.8. The minimum Gasteiger partial charge on any atom is -0.481 e. The average molecular weight is 545 g/mol. The van der Waals surface area contributed by atoms with E-state index in [0.29, 0.717) is 13.0 Å². The van der Waals surface area contributed by atoms with Gasteiger partial charge < -0.3 is 58.7 Å². The van der Waals surface area contributed by atoms with Crippen LogP contribution in [0.3, 0.4) is 0 Å². The lowest BCUT2D eigenvalue weighted by molar-refractivity contribution is -0.146. The van der Waals surface area contributed by atoms with Gasteiger partial charge in [0.1, 0.15) is 0 Å². The molecule has 0 aliphatic rings. The normalized spacial score (nSPS) is 12.4. The molecule has 0 aromatic heterocycles. The summed E-state index contributed by atoms with van der Waals surface area (Å²) in [4.78, 5) is 10.8. The van der Waals surface area contributed by atoms with Crippen LogP contribution in [0.2, 0.25) is 0 Å². The van der Waals surface area contributed by atoms with Gasteiger partial charge in [-0.15, -0.1) is 0 Å². The van der Waals surface area contributed by atoms with Crippen molar-refractivity contribution in [3.63, 3.8) is 0 Å². The van der Waals surface area contributed by atoms with E-state index < -0.39 is 16.8 Å². The lowest BCUT2D eigenvalue weighted by Crippen LogP contribution is -2.46. The first-order valence-corrected chi connectivity index (χ1v) is 12.6. The number of ether oxygens (including phenoxy) is 7. The highest BCUT2D eigenvalue weighted by Gasteiger charge is 2.36. The van der Waals surface area contributed by atoms with Crippen molar-refractivity contribution in [1.29, 1.82) is 0 Å². The van der Waals surface area contributed by atoms with Crippen molar-refractivity contribution in [3.8, 4) is 0 Å². The van der Waals surface area contributed by atoms with Crippen LogP contribution < -0.4 is 0 Å². The number of aliphatic hydroxyl groups excluding tert-OH is 4. The first kappa shape index (κ1) is 36.0. The Hall–Kier alpha value is -0.970. The predicted octanol–water partition coefficient (Wildman–Crippen LogP) is -1.07. The smallest absolute Gasteiger partial charge is 0.303 e. The molecule has 0 atom stereocenters. The number of carboxylic acid groups (broad SMARTS) is 1. The molecule has 13 nitrogen and oxygen atoms in total. The summed E-state index contributed by atoms with van der Waals surface area (Å²) in [7, 11) is 0. The fraction of sp³-hybridized carbons (Fsp3) is 0.958. The third-order valence-electron chi connectivity index (χ3n) is 5.09. The van der Waals surface area contributed by atoms with Crippen molar-refractivity contribution in [1.82, 2.24) is 0 Å². The van der Waals surface area contributed by atoms with Crippen molar-refractivity contribution in [2.45, 2.75) is 19.8 Å². The SMILES string of the molecule is CCOCC(COCCO)(COCCO)COCC(COCCO)(COCCO)COCCCC(=O)O. The second kappa shape index (κ2) is 24.1. The Morgan fingerprint density at radius 3 is 1.19 bits per heavy atom. The van der Waals surface area contributed by atoms with E-state index in [-0.39, 0.29) is 119 Å². The number of carbonyl (C=O) groups is 1. The zero-order valence-corrected chi connectivity index (χ0v) is 22.1. The van der Waals surface area contributed by atoms with Crippen molar-refractivity contribution in [3.05, 3.63) is 0 Å². The van der Waals surface area contributed by atoms with Crippen LogP contribution in [0.4, 0.5) is 0 Å². The van der Waals surface area contributed by atoms with Crippen molar-refractivity contribution in [2.75, 3.05) is 119 Å². The molecule has 0 bridgehead atoms. The molecule has 222 valence electrons. The molecule has 0 aromatic carbocycles. The number of aliphatic carboxylic acids is 1. The summed E-state index contributed by atoms with van der Waals surface area (Å²) < 4.78 is 40.0. The summed E-state index contributed by atoms with van der Waals surface area (Å²) >= 11 is 0. The Kier molecular flexibility index (Phi) is 23.5. The van der Waals surface area contributed by atoms with Gasteiger partial charge in [0.05, 0.1) is 117 Å². The molecular formula is C24H48O13. The molecule has 0 aliphatic heterocycles. The molecule has 0 heterocycles. The molecule has 0 radical (unpaired) electrons. The maximum Gasteiger partial charge on any atom is 0.303 e. The summed E-state index contributed by atoms with van der Waals surface area (Å²) in [5, 5.41) is 45.4. The van der Waals surface area contributed by atoms with Gasteiger partial charge in [-0.3, -0.25) is 4.79 Å². The second-order valence-corrected chi connectivity index (χ2v) is 8.78. The van der Waals surface area contributed by atoms with E-state index in [1.165, 1.54) is 0 Å². The molecule has 0 saturated carbocycles. The minimum absolute atomic E-state index is 0.0207. The molecule has 0 unspecified atom stereocenters. The van der Waals surface area contributed by atoms with Gasteiger partial charge in [-0.2, -0.15) is 0 Å². The maximum absolute atomic E-state index is 10.8. The Morgan fingerprint density at radius 2 is 0.865 bits per heavy atom. The van der Waals surface area contributed by atoms with Crippen LogP contribution in [-0.2, 0) is 38.0 Å². The first-order valence-electron chi connectivity index (χ1n) is 12.6. The van der Waals surface area contributed by atoms with Crippen LogP contribution in [0, 0.1) is 10.8 Å². The number of aliphatic hydroxyl groups is 4. The molecule has 0 saturated heterocycles. The zero-order chi connectivity index (χ0) is 27.7. The molecular weight excluding hydrogens is 496 g/mol. The lowest BCUT2D eigenvalue weighted by Gasteiger charge is -2.36. The quantitative estimate of drug-likeness (QED) is 0.0718. The van der Waals surface area contributed by atoms with E-state index in [1.54, 1.807) is 0 Å². The number of hydrogen-bond acceptors (Lipinski definition) is 12. The predicted molar refractivity (Wildman–Crippen MR) is 131 cm³/mol. The van der Waals surface area contributed by atoms with Gasteiger partial charge in [0, 0.05) is 19.6 Å². The molecule has 0 rings (SSSR count). The Labute approximate surface area is 219 Å². The fourth-order valence-electron chi connectivity index (χ4n) is 3.33. The molecule has 0 spiro atoms.